The fourth-order valence-electron chi connectivity index (χ4n) is 2.05. The molecule has 0 saturated heterocycles. The van der Waals surface area contributed by atoms with Crippen LogP contribution in [-0.4, -0.2) is 18.4 Å². The summed E-state index contributed by atoms with van der Waals surface area (Å²) in [5.41, 5.74) is 6.93. The number of nitrogens with zero attached hydrogens (tertiary/aromatic N) is 1. The monoisotopic (exact) mass is 369 g/mol. The topological polar surface area (TPSA) is 105 Å². The van der Waals surface area contributed by atoms with E-state index in [1.165, 1.54) is 18.2 Å². The van der Waals surface area contributed by atoms with Gasteiger partial charge in [0.05, 0.1) is 0 Å². The van der Waals surface area contributed by atoms with Crippen LogP contribution in [0.3, 0.4) is 0 Å². The average molecular weight is 370 g/mol. The van der Waals surface area contributed by atoms with Crippen LogP contribution in [0.25, 0.3) is 6.08 Å². The largest absolute Gasteiger partial charge is 0.483 e. The Balaban J connectivity index is 2.28. The molecule has 2 aromatic rings. The maximum Gasteiger partial charge on any atom is 0.266 e. The third kappa shape index (κ3) is 5.36. The summed E-state index contributed by atoms with van der Waals surface area (Å²) in [7, 11) is 0. The van der Waals surface area contributed by atoms with Crippen LogP contribution in [0.1, 0.15) is 11.1 Å². The third-order valence-corrected chi connectivity index (χ3v) is 3.55. The third-order valence-electron chi connectivity index (χ3n) is 3.32. The Kier molecular flexibility index (Phi) is 6.36. The molecule has 7 heteroatoms. The lowest BCUT2D eigenvalue weighted by molar-refractivity contribution is -0.120. The molecule has 0 atom stereocenters. The second kappa shape index (κ2) is 8.70. The SMILES string of the molecule is Cc1ccc(NC(=O)/C(C#N)=C/c2cc(Cl)ccc2OCC(N)=O)cc1. The molecule has 2 aromatic carbocycles. The van der Waals surface area contributed by atoms with Crippen LogP contribution in [0.4, 0.5) is 5.69 Å². The van der Waals surface area contributed by atoms with E-state index in [9.17, 15) is 14.9 Å². The van der Waals surface area contributed by atoms with Crippen molar-refractivity contribution in [3.63, 3.8) is 0 Å². The number of hydrogen-bond acceptors (Lipinski definition) is 4. The van der Waals surface area contributed by atoms with E-state index in [-0.39, 0.29) is 17.9 Å². The number of carbonyl (C=O) groups is 2. The number of amides is 2. The summed E-state index contributed by atoms with van der Waals surface area (Å²) in [5, 5.41) is 12.4. The first-order valence-electron chi connectivity index (χ1n) is 7.59. The maximum absolute atomic E-state index is 12.3. The molecule has 132 valence electrons. The zero-order valence-electron chi connectivity index (χ0n) is 14.0. The fourth-order valence-corrected chi connectivity index (χ4v) is 2.23. The number of primary amides is 1. The van der Waals surface area contributed by atoms with Crippen LogP contribution in [0.5, 0.6) is 5.75 Å². The zero-order valence-corrected chi connectivity index (χ0v) is 14.7. The molecule has 3 N–H and O–H groups in total. The maximum atomic E-state index is 12.3. The van der Waals surface area contributed by atoms with Crippen LogP contribution in [-0.2, 0) is 9.59 Å². The van der Waals surface area contributed by atoms with E-state index in [4.69, 9.17) is 22.1 Å². The summed E-state index contributed by atoms with van der Waals surface area (Å²) in [6.07, 6.45) is 1.34. The molecule has 0 bridgehead atoms. The van der Waals surface area contributed by atoms with Crippen molar-refractivity contribution >= 4 is 35.2 Å². The minimum absolute atomic E-state index is 0.142. The first kappa shape index (κ1) is 19.0. The van der Waals surface area contributed by atoms with E-state index in [0.717, 1.165) is 5.56 Å². The standard InChI is InChI=1S/C19H16ClN3O3/c1-12-2-5-16(6-3-12)23-19(25)14(10-21)8-13-9-15(20)4-7-17(13)26-11-18(22)24/h2-9H,11H2,1H3,(H2,22,24)(H,23,25)/b14-8+. The van der Waals surface area contributed by atoms with Gasteiger partial charge in [0.1, 0.15) is 17.4 Å². The van der Waals surface area contributed by atoms with Gasteiger partial charge in [0, 0.05) is 16.3 Å². The van der Waals surface area contributed by atoms with Gasteiger partial charge >= 0.3 is 0 Å². The highest BCUT2D eigenvalue weighted by molar-refractivity contribution is 6.30. The molecule has 0 aliphatic rings. The van der Waals surface area contributed by atoms with Crippen LogP contribution in [0.2, 0.25) is 5.02 Å². The van der Waals surface area contributed by atoms with Gasteiger partial charge in [-0.05, 0) is 43.3 Å². The van der Waals surface area contributed by atoms with Crippen LogP contribution in [0.15, 0.2) is 48.0 Å². The Bertz CT molecular complexity index is 899. The Morgan fingerprint density at radius 1 is 1.27 bits per heavy atom. The second-order valence-electron chi connectivity index (χ2n) is 5.43. The van der Waals surface area contributed by atoms with Crippen molar-refractivity contribution in [2.45, 2.75) is 6.92 Å². The lowest BCUT2D eigenvalue weighted by Gasteiger charge is -2.09. The van der Waals surface area contributed by atoms with E-state index in [0.29, 0.717) is 16.3 Å². The van der Waals surface area contributed by atoms with Gasteiger partial charge in [0.15, 0.2) is 6.61 Å². The van der Waals surface area contributed by atoms with E-state index in [1.807, 2.05) is 25.1 Å². The molecular formula is C19H16ClN3O3. The van der Waals surface area contributed by atoms with Gasteiger partial charge in [-0.1, -0.05) is 29.3 Å². The summed E-state index contributed by atoms with van der Waals surface area (Å²) < 4.78 is 5.29. The number of hydrogen-bond donors (Lipinski definition) is 2. The molecule has 0 aliphatic carbocycles. The highest BCUT2D eigenvalue weighted by Crippen LogP contribution is 2.25. The van der Waals surface area contributed by atoms with Gasteiger partial charge in [0.25, 0.3) is 11.8 Å². The number of nitrogens with two attached hydrogens (primary N) is 1. The number of nitrogens with one attached hydrogen (secondary N) is 1. The lowest BCUT2D eigenvalue weighted by atomic mass is 10.1. The highest BCUT2D eigenvalue weighted by atomic mass is 35.5. The molecule has 0 spiro atoms. The summed E-state index contributed by atoms with van der Waals surface area (Å²) in [5.74, 6) is -0.936. The molecule has 2 amide bonds. The molecule has 0 unspecified atom stereocenters. The number of nitriles is 1. The summed E-state index contributed by atoms with van der Waals surface area (Å²) in [6.45, 7) is 1.60. The average Bonchev–Trinajstić information content (AvgIpc) is 2.60. The number of ether oxygens (including phenoxy) is 1. The van der Waals surface area contributed by atoms with Gasteiger partial charge in [-0.25, -0.2) is 0 Å². The van der Waals surface area contributed by atoms with E-state index in [1.54, 1.807) is 18.2 Å². The number of rotatable bonds is 6. The minimum atomic E-state index is -0.646. The van der Waals surface area contributed by atoms with E-state index >= 15 is 0 Å². The van der Waals surface area contributed by atoms with Crippen molar-refractivity contribution in [3.05, 3.63) is 64.2 Å². The fraction of sp³-hybridized carbons (Fsp3) is 0.105. The van der Waals surface area contributed by atoms with Crippen molar-refractivity contribution in [1.29, 1.82) is 5.26 Å². The number of benzene rings is 2. The summed E-state index contributed by atoms with van der Waals surface area (Å²) in [4.78, 5) is 23.2. The van der Waals surface area contributed by atoms with Crippen LogP contribution in [0, 0.1) is 18.3 Å². The van der Waals surface area contributed by atoms with Crippen LogP contribution >= 0.6 is 11.6 Å². The molecule has 6 nitrogen and oxygen atoms in total. The molecule has 26 heavy (non-hydrogen) atoms. The summed E-state index contributed by atoms with van der Waals surface area (Å²) >= 11 is 5.97. The quantitative estimate of drug-likeness (QED) is 0.603. The Hall–Kier alpha value is -3.30. The normalized spacial score (nSPS) is 10.7. The molecule has 0 aliphatic heterocycles. The van der Waals surface area contributed by atoms with Crippen molar-refractivity contribution in [3.8, 4) is 11.8 Å². The second-order valence-corrected chi connectivity index (χ2v) is 5.86. The molecule has 0 aromatic heterocycles. The number of halogens is 1. The molecule has 2 rings (SSSR count). The predicted octanol–water partition coefficient (Wildman–Crippen LogP) is 3.06. The van der Waals surface area contributed by atoms with Gasteiger partial charge in [0.2, 0.25) is 0 Å². The Morgan fingerprint density at radius 2 is 1.96 bits per heavy atom. The van der Waals surface area contributed by atoms with Crippen molar-refractivity contribution in [2.75, 3.05) is 11.9 Å². The first-order chi connectivity index (χ1) is 12.4. The lowest BCUT2D eigenvalue weighted by Crippen LogP contribution is -2.20. The highest BCUT2D eigenvalue weighted by Gasteiger charge is 2.12. The first-order valence-corrected chi connectivity index (χ1v) is 7.97. The van der Waals surface area contributed by atoms with Crippen LogP contribution < -0.4 is 15.8 Å². The van der Waals surface area contributed by atoms with Gasteiger partial charge in [-0.15, -0.1) is 0 Å². The zero-order chi connectivity index (χ0) is 19.1. The van der Waals surface area contributed by atoms with Gasteiger partial charge in [-0.3, -0.25) is 9.59 Å². The summed E-state index contributed by atoms with van der Waals surface area (Å²) in [6, 6.07) is 13.6. The number of anilines is 1. The number of carbonyl (C=O) groups excluding carboxylic acids is 2. The number of aryl methyl sites for hydroxylation is 1. The van der Waals surface area contributed by atoms with E-state index < -0.39 is 11.8 Å². The minimum Gasteiger partial charge on any atom is -0.483 e. The van der Waals surface area contributed by atoms with Gasteiger partial charge < -0.3 is 15.8 Å². The van der Waals surface area contributed by atoms with Crippen molar-refractivity contribution < 1.29 is 14.3 Å². The van der Waals surface area contributed by atoms with Crippen molar-refractivity contribution in [1.82, 2.24) is 0 Å². The Labute approximate surface area is 155 Å². The molecule has 0 fully saturated rings. The van der Waals surface area contributed by atoms with E-state index in [2.05, 4.69) is 5.32 Å². The molecule has 0 heterocycles. The molecule has 0 saturated carbocycles. The predicted molar refractivity (Wildman–Crippen MR) is 99.5 cm³/mol. The van der Waals surface area contributed by atoms with Crippen molar-refractivity contribution in [2.24, 2.45) is 5.73 Å². The Morgan fingerprint density at radius 3 is 2.58 bits per heavy atom. The smallest absolute Gasteiger partial charge is 0.266 e. The van der Waals surface area contributed by atoms with Gasteiger partial charge in [-0.2, -0.15) is 5.26 Å². The molecule has 0 radical (unpaired) electrons. The molecular weight excluding hydrogens is 354 g/mol.